The Labute approximate surface area is 98.8 Å². The van der Waals surface area contributed by atoms with E-state index in [9.17, 15) is 10.1 Å². The van der Waals surface area contributed by atoms with Crippen LogP contribution in [0, 0.1) is 10.1 Å². The van der Waals surface area contributed by atoms with Crippen LogP contribution < -0.4 is 5.73 Å². The molecule has 0 saturated heterocycles. The molecule has 2 N–H and O–H groups in total. The number of nitrogens with two attached hydrogens (primary N) is 1. The first-order valence-electron chi connectivity index (χ1n) is 4.12. The van der Waals surface area contributed by atoms with Crippen LogP contribution in [0.3, 0.4) is 0 Å². The molecule has 0 saturated carbocycles. The van der Waals surface area contributed by atoms with Gasteiger partial charge in [-0.15, -0.1) is 10.2 Å². The lowest BCUT2D eigenvalue weighted by atomic mass is 10.2. The largest absolute Gasteiger partial charge is 0.374 e. The number of hydrogen-bond donors (Lipinski definition) is 1. The highest BCUT2D eigenvalue weighted by molar-refractivity contribution is 7.18. The number of anilines is 1. The Hall–Kier alpha value is -1.73. The minimum Gasteiger partial charge on any atom is -0.374 e. The Morgan fingerprint density at radius 3 is 2.75 bits per heavy atom. The summed E-state index contributed by atoms with van der Waals surface area (Å²) in [6.07, 6.45) is 0. The highest BCUT2D eigenvalue weighted by atomic mass is 35.5. The van der Waals surface area contributed by atoms with Gasteiger partial charge in [0.05, 0.1) is 4.92 Å². The fourth-order valence-corrected chi connectivity index (χ4v) is 2.15. The van der Waals surface area contributed by atoms with Crippen molar-refractivity contribution in [2.45, 2.75) is 0 Å². The minimum atomic E-state index is -0.545. The lowest BCUT2D eigenvalue weighted by Crippen LogP contribution is -1.90. The summed E-state index contributed by atoms with van der Waals surface area (Å²) in [5.41, 5.74) is 5.74. The SMILES string of the molecule is Nc1nnc(-c2cccc([N+](=O)[O-])c2Cl)s1. The summed E-state index contributed by atoms with van der Waals surface area (Å²) >= 11 is 7.03. The lowest BCUT2D eigenvalue weighted by molar-refractivity contribution is -0.384. The lowest BCUT2D eigenvalue weighted by Gasteiger charge is -1.99. The van der Waals surface area contributed by atoms with Crippen molar-refractivity contribution in [1.29, 1.82) is 0 Å². The molecule has 0 fully saturated rings. The smallest absolute Gasteiger partial charge is 0.288 e. The quantitative estimate of drug-likeness (QED) is 0.657. The number of nitrogens with zero attached hydrogens (tertiary/aromatic N) is 3. The Morgan fingerprint density at radius 2 is 2.19 bits per heavy atom. The standard InChI is InChI=1S/C8H5ClN4O2S/c9-6-4(7-11-12-8(10)16-7)2-1-3-5(6)13(14)15/h1-3H,(H2,10,12). The van der Waals surface area contributed by atoms with Crippen molar-refractivity contribution in [2.24, 2.45) is 0 Å². The molecular weight excluding hydrogens is 252 g/mol. The van der Waals surface area contributed by atoms with Crippen molar-refractivity contribution in [3.8, 4) is 10.6 Å². The van der Waals surface area contributed by atoms with Crippen LogP contribution >= 0.6 is 22.9 Å². The summed E-state index contributed by atoms with van der Waals surface area (Å²) in [6, 6.07) is 4.50. The normalized spacial score (nSPS) is 10.3. The molecule has 82 valence electrons. The fourth-order valence-electron chi connectivity index (χ4n) is 1.17. The molecule has 0 bridgehead atoms. The Balaban J connectivity index is 2.58. The van der Waals surface area contributed by atoms with E-state index in [4.69, 9.17) is 17.3 Å². The number of nitro benzene ring substituents is 1. The number of aromatic nitrogens is 2. The number of hydrogen-bond acceptors (Lipinski definition) is 6. The topological polar surface area (TPSA) is 94.9 Å². The van der Waals surface area contributed by atoms with E-state index >= 15 is 0 Å². The van der Waals surface area contributed by atoms with Gasteiger partial charge in [0.2, 0.25) is 5.13 Å². The maximum atomic E-state index is 10.7. The molecule has 0 aliphatic rings. The van der Waals surface area contributed by atoms with Crippen LogP contribution in [-0.4, -0.2) is 15.1 Å². The van der Waals surface area contributed by atoms with E-state index in [1.807, 2.05) is 0 Å². The third-order valence-corrected chi connectivity index (χ3v) is 3.03. The first-order valence-corrected chi connectivity index (χ1v) is 5.31. The molecule has 0 unspecified atom stereocenters. The second-order valence-corrected chi connectivity index (χ2v) is 4.23. The average molecular weight is 257 g/mol. The summed E-state index contributed by atoms with van der Waals surface area (Å²) in [5.74, 6) is 0. The van der Waals surface area contributed by atoms with E-state index in [0.29, 0.717) is 10.6 Å². The van der Waals surface area contributed by atoms with Gasteiger partial charge < -0.3 is 5.73 Å². The molecule has 0 aliphatic heterocycles. The van der Waals surface area contributed by atoms with Gasteiger partial charge >= 0.3 is 0 Å². The molecule has 0 aliphatic carbocycles. The molecule has 1 aromatic heterocycles. The number of nitrogen functional groups attached to an aromatic ring is 1. The highest BCUT2D eigenvalue weighted by Crippen LogP contribution is 2.36. The van der Waals surface area contributed by atoms with E-state index in [0.717, 1.165) is 11.3 Å². The molecule has 8 heteroatoms. The van der Waals surface area contributed by atoms with Crippen molar-refractivity contribution >= 4 is 33.8 Å². The van der Waals surface area contributed by atoms with Gasteiger partial charge in [-0.1, -0.05) is 29.0 Å². The number of benzene rings is 1. The van der Waals surface area contributed by atoms with Crippen LogP contribution in [0.5, 0.6) is 0 Å². The molecule has 16 heavy (non-hydrogen) atoms. The maximum absolute atomic E-state index is 10.7. The molecule has 0 radical (unpaired) electrons. The molecule has 1 aromatic carbocycles. The van der Waals surface area contributed by atoms with Crippen LogP contribution in [-0.2, 0) is 0 Å². The van der Waals surface area contributed by atoms with Gasteiger partial charge in [-0.25, -0.2) is 0 Å². The van der Waals surface area contributed by atoms with Gasteiger partial charge in [0.15, 0.2) is 5.01 Å². The summed E-state index contributed by atoms with van der Waals surface area (Å²) < 4.78 is 0. The summed E-state index contributed by atoms with van der Waals surface area (Å²) in [6.45, 7) is 0. The van der Waals surface area contributed by atoms with E-state index in [1.54, 1.807) is 6.07 Å². The molecule has 0 amide bonds. The maximum Gasteiger partial charge on any atom is 0.288 e. The van der Waals surface area contributed by atoms with Crippen LogP contribution in [0.2, 0.25) is 5.02 Å². The number of halogens is 1. The van der Waals surface area contributed by atoms with Crippen LogP contribution in [0.25, 0.3) is 10.6 Å². The second kappa shape index (κ2) is 4.03. The summed E-state index contributed by atoms with van der Waals surface area (Å²) in [5, 5.41) is 18.9. The monoisotopic (exact) mass is 256 g/mol. The van der Waals surface area contributed by atoms with Crippen molar-refractivity contribution in [1.82, 2.24) is 10.2 Å². The van der Waals surface area contributed by atoms with Crippen molar-refractivity contribution in [3.63, 3.8) is 0 Å². The van der Waals surface area contributed by atoms with Gasteiger partial charge in [-0.2, -0.15) is 0 Å². The molecule has 2 rings (SSSR count). The van der Waals surface area contributed by atoms with Crippen LogP contribution in [0.15, 0.2) is 18.2 Å². The van der Waals surface area contributed by atoms with E-state index in [1.165, 1.54) is 12.1 Å². The second-order valence-electron chi connectivity index (χ2n) is 2.84. The van der Waals surface area contributed by atoms with Crippen LogP contribution in [0.1, 0.15) is 0 Å². The molecular formula is C8H5ClN4O2S. The predicted molar refractivity (Wildman–Crippen MR) is 61.4 cm³/mol. The van der Waals surface area contributed by atoms with Gasteiger partial charge in [-0.05, 0) is 6.07 Å². The zero-order chi connectivity index (χ0) is 11.7. The van der Waals surface area contributed by atoms with Gasteiger partial charge in [-0.3, -0.25) is 10.1 Å². The third kappa shape index (κ3) is 1.82. The highest BCUT2D eigenvalue weighted by Gasteiger charge is 2.18. The predicted octanol–water partition coefficient (Wildman–Crippen LogP) is 2.35. The molecule has 1 heterocycles. The summed E-state index contributed by atoms with van der Waals surface area (Å²) in [7, 11) is 0. The van der Waals surface area contributed by atoms with Gasteiger partial charge in [0.25, 0.3) is 5.69 Å². The van der Waals surface area contributed by atoms with E-state index < -0.39 is 4.92 Å². The Kier molecular flexibility index (Phi) is 2.71. The fraction of sp³-hybridized carbons (Fsp3) is 0. The van der Waals surface area contributed by atoms with E-state index in [2.05, 4.69) is 10.2 Å². The van der Waals surface area contributed by atoms with E-state index in [-0.39, 0.29) is 15.8 Å². The van der Waals surface area contributed by atoms with Crippen molar-refractivity contribution < 1.29 is 4.92 Å². The molecule has 6 nitrogen and oxygen atoms in total. The average Bonchev–Trinajstić information content (AvgIpc) is 2.64. The molecule has 0 spiro atoms. The van der Waals surface area contributed by atoms with Crippen molar-refractivity contribution in [2.75, 3.05) is 5.73 Å². The minimum absolute atomic E-state index is 0.0450. The number of nitro groups is 1. The van der Waals surface area contributed by atoms with Gasteiger partial charge in [0.1, 0.15) is 5.02 Å². The van der Waals surface area contributed by atoms with Crippen molar-refractivity contribution in [3.05, 3.63) is 33.3 Å². The summed E-state index contributed by atoms with van der Waals surface area (Å²) in [4.78, 5) is 10.1. The first-order chi connectivity index (χ1) is 7.59. The zero-order valence-electron chi connectivity index (χ0n) is 7.75. The Bertz CT molecular complexity index is 557. The molecule has 0 atom stereocenters. The van der Waals surface area contributed by atoms with Crippen LogP contribution in [0.4, 0.5) is 10.8 Å². The number of rotatable bonds is 2. The first kappa shape index (κ1) is 10.8. The Morgan fingerprint density at radius 1 is 1.44 bits per heavy atom. The zero-order valence-corrected chi connectivity index (χ0v) is 9.33. The third-order valence-electron chi connectivity index (χ3n) is 1.85. The molecule has 2 aromatic rings. The van der Waals surface area contributed by atoms with Gasteiger partial charge in [0, 0.05) is 11.6 Å².